The zero-order chi connectivity index (χ0) is 23.0. The molecule has 0 aliphatic carbocycles. The highest BCUT2D eigenvalue weighted by Crippen LogP contribution is 2.40. The molecule has 3 aromatic carbocycles. The summed E-state index contributed by atoms with van der Waals surface area (Å²) in [5, 5.41) is 14.4. The molecule has 32 heavy (non-hydrogen) atoms. The van der Waals surface area contributed by atoms with Gasteiger partial charge in [-0.1, -0.05) is 17.7 Å². The summed E-state index contributed by atoms with van der Waals surface area (Å²) in [6.07, 6.45) is 0. The van der Waals surface area contributed by atoms with Crippen LogP contribution in [-0.2, 0) is 0 Å². The van der Waals surface area contributed by atoms with Crippen LogP contribution in [0.1, 0.15) is 11.1 Å². The van der Waals surface area contributed by atoms with Crippen LogP contribution in [0.2, 0.25) is 15.6 Å². The van der Waals surface area contributed by atoms with Crippen molar-refractivity contribution in [2.45, 2.75) is 23.6 Å². The molecule has 0 fully saturated rings. The standard InChI is InChI=1S/C21H15Cl3N6S2/c1-9-3-4-12(22)7-14(9)29-30-18-10(2)17-11(6-16(18)32)5-13(31)8-15(17)25-21-27-19(23)26-20(24)28-21/h3-8,31-32H,1-2H3,(H,25,26,27,28). The van der Waals surface area contributed by atoms with Crippen molar-refractivity contribution >= 4 is 93.8 Å². The number of benzene rings is 3. The van der Waals surface area contributed by atoms with Crippen LogP contribution >= 0.6 is 60.1 Å². The highest BCUT2D eigenvalue weighted by molar-refractivity contribution is 7.80. The Labute approximate surface area is 210 Å². The highest BCUT2D eigenvalue weighted by Gasteiger charge is 2.15. The summed E-state index contributed by atoms with van der Waals surface area (Å²) in [7, 11) is 0. The van der Waals surface area contributed by atoms with Crippen LogP contribution in [0.3, 0.4) is 0 Å². The number of anilines is 2. The maximum atomic E-state index is 6.11. The number of halogens is 3. The van der Waals surface area contributed by atoms with E-state index in [1.165, 1.54) is 0 Å². The minimum absolute atomic E-state index is 0.0143. The fourth-order valence-corrected chi connectivity index (χ4v) is 4.38. The highest BCUT2D eigenvalue weighted by atomic mass is 35.5. The van der Waals surface area contributed by atoms with E-state index in [2.05, 4.69) is 55.8 Å². The number of thiol groups is 2. The lowest BCUT2D eigenvalue weighted by molar-refractivity contribution is 1.05. The van der Waals surface area contributed by atoms with Gasteiger partial charge in [-0.15, -0.1) is 30.4 Å². The normalized spacial score (nSPS) is 11.5. The zero-order valence-electron chi connectivity index (χ0n) is 16.7. The number of aryl methyl sites for hydroxylation is 2. The number of hydrogen-bond donors (Lipinski definition) is 3. The van der Waals surface area contributed by atoms with E-state index in [9.17, 15) is 0 Å². The first kappa shape index (κ1) is 23.1. The molecule has 4 rings (SSSR count). The molecular formula is C21H15Cl3N6S2. The van der Waals surface area contributed by atoms with Crippen molar-refractivity contribution in [2.24, 2.45) is 10.2 Å². The van der Waals surface area contributed by atoms with E-state index < -0.39 is 0 Å². The number of aromatic nitrogens is 3. The zero-order valence-corrected chi connectivity index (χ0v) is 20.8. The number of nitrogens with one attached hydrogen (secondary N) is 1. The third-order valence-corrected chi connectivity index (χ3v) is 5.85. The summed E-state index contributed by atoms with van der Waals surface area (Å²) < 4.78 is 0. The first-order valence-corrected chi connectivity index (χ1v) is 11.3. The molecule has 0 atom stereocenters. The van der Waals surface area contributed by atoms with Gasteiger partial charge in [0.1, 0.15) is 5.69 Å². The van der Waals surface area contributed by atoms with Crippen LogP contribution in [0, 0.1) is 13.8 Å². The third-order valence-electron chi connectivity index (χ3n) is 4.67. The molecule has 0 amide bonds. The molecule has 0 saturated heterocycles. The van der Waals surface area contributed by atoms with Crippen molar-refractivity contribution in [3.8, 4) is 0 Å². The van der Waals surface area contributed by atoms with Crippen LogP contribution in [-0.4, -0.2) is 15.0 Å². The van der Waals surface area contributed by atoms with Gasteiger partial charge in [0.25, 0.3) is 0 Å². The molecule has 0 unspecified atom stereocenters. The Hall–Kier alpha value is -2.10. The van der Waals surface area contributed by atoms with Crippen molar-refractivity contribution < 1.29 is 0 Å². The summed E-state index contributed by atoms with van der Waals surface area (Å²) >= 11 is 27.1. The van der Waals surface area contributed by atoms with Crippen molar-refractivity contribution in [1.82, 2.24) is 15.0 Å². The smallest absolute Gasteiger partial charge is 0.232 e. The lowest BCUT2D eigenvalue weighted by atomic mass is 10.0. The van der Waals surface area contributed by atoms with E-state index in [0.29, 0.717) is 27.0 Å². The predicted molar refractivity (Wildman–Crippen MR) is 137 cm³/mol. The van der Waals surface area contributed by atoms with Crippen LogP contribution in [0.25, 0.3) is 10.8 Å². The Kier molecular flexibility index (Phi) is 6.78. The molecular weight excluding hydrogens is 507 g/mol. The van der Waals surface area contributed by atoms with Gasteiger partial charge < -0.3 is 5.32 Å². The summed E-state index contributed by atoms with van der Waals surface area (Å²) in [4.78, 5) is 13.4. The van der Waals surface area contributed by atoms with Gasteiger partial charge in [0.05, 0.1) is 11.4 Å². The molecule has 6 nitrogen and oxygen atoms in total. The first-order chi connectivity index (χ1) is 15.2. The largest absolute Gasteiger partial charge is 0.323 e. The van der Waals surface area contributed by atoms with Crippen molar-refractivity contribution in [2.75, 3.05) is 5.32 Å². The third kappa shape index (κ3) is 4.94. The lowest BCUT2D eigenvalue weighted by Gasteiger charge is -2.15. The van der Waals surface area contributed by atoms with Gasteiger partial charge in [-0.2, -0.15) is 20.1 Å². The topological polar surface area (TPSA) is 75.4 Å². The molecule has 0 saturated carbocycles. The molecule has 11 heteroatoms. The number of rotatable bonds is 4. The Bertz CT molecular complexity index is 1370. The van der Waals surface area contributed by atoms with E-state index in [1.807, 2.05) is 44.2 Å². The Morgan fingerprint density at radius 2 is 1.59 bits per heavy atom. The summed E-state index contributed by atoms with van der Waals surface area (Å²) in [6.45, 7) is 3.89. The molecule has 1 N–H and O–H groups in total. The number of fused-ring (bicyclic) bond motifs is 1. The quantitative estimate of drug-likeness (QED) is 0.186. The second kappa shape index (κ2) is 9.41. The predicted octanol–water partition coefficient (Wildman–Crippen LogP) is 8.34. The second-order valence-electron chi connectivity index (χ2n) is 6.91. The number of hydrogen-bond acceptors (Lipinski definition) is 8. The number of nitrogens with zero attached hydrogens (tertiary/aromatic N) is 5. The molecule has 162 valence electrons. The van der Waals surface area contributed by atoms with Gasteiger partial charge in [0.15, 0.2) is 0 Å². The average molecular weight is 522 g/mol. The van der Waals surface area contributed by atoms with Crippen LogP contribution in [0.15, 0.2) is 56.4 Å². The molecule has 1 heterocycles. The minimum atomic E-state index is -0.0143. The average Bonchev–Trinajstić information content (AvgIpc) is 2.68. The molecule has 0 bridgehead atoms. The summed E-state index contributed by atoms with van der Waals surface area (Å²) in [5.74, 6) is 0.210. The number of azo groups is 1. The molecule has 0 radical (unpaired) electrons. The minimum Gasteiger partial charge on any atom is -0.323 e. The van der Waals surface area contributed by atoms with Crippen molar-refractivity contribution in [1.29, 1.82) is 0 Å². The van der Waals surface area contributed by atoms with Gasteiger partial charge in [-0.3, -0.25) is 0 Å². The Morgan fingerprint density at radius 1 is 0.875 bits per heavy atom. The first-order valence-electron chi connectivity index (χ1n) is 9.22. The SMILES string of the molecule is Cc1ccc(Cl)cc1N=Nc1c(S)cc2cc(S)cc(Nc3nc(Cl)nc(Cl)n3)c2c1C. The van der Waals surface area contributed by atoms with Crippen molar-refractivity contribution in [3.05, 3.63) is 63.1 Å². The molecule has 0 spiro atoms. The van der Waals surface area contributed by atoms with E-state index in [4.69, 9.17) is 34.8 Å². The van der Waals surface area contributed by atoms with E-state index >= 15 is 0 Å². The fraction of sp³-hybridized carbons (Fsp3) is 0.0952. The Balaban J connectivity index is 1.85. The van der Waals surface area contributed by atoms with Crippen LogP contribution in [0.5, 0.6) is 0 Å². The van der Waals surface area contributed by atoms with Gasteiger partial charge in [-0.05, 0) is 83.9 Å². The van der Waals surface area contributed by atoms with Gasteiger partial charge in [-0.25, -0.2) is 0 Å². The van der Waals surface area contributed by atoms with Gasteiger partial charge >= 0.3 is 0 Å². The molecule has 0 aliphatic heterocycles. The summed E-state index contributed by atoms with van der Waals surface area (Å²) in [6, 6.07) is 11.2. The van der Waals surface area contributed by atoms with Crippen LogP contribution in [0.4, 0.5) is 23.0 Å². The molecule has 0 aliphatic rings. The molecule has 4 aromatic rings. The summed E-state index contributed by atoms with van der Waals surface area (Å²) in [5.41, 5.74) is 3.83. The fourth-order valence-electron chi connectivity index (χ4n) is 3.23. The van der Waals surface area contributed by atoms with E-state index in [1.54, 1.807) is 6.07 Å². The molecule has 1 aromatic heterocycles. The lowest BCUT2D eigenvalue weighted by Crippen LogP contribution is -2.01. The monoisotopic (exact) mass is 520 g/mol. The van der Waals surface area contributed by atoms with Gasteiger partial charge in [0, 0.05) is 20.2 Å². The second-order valence-corrected chi connectivity index (χ2v) is 9.02. The van der Waals surface area contributed by atoms with E-state index in [-0.39, 0.29) is 16.5 Å². The van der Waals surface area contributed by atoms with E-state index in [0.717, 1.165) is 26.8 Å². The Morgan fingerprint density at radius 3 is 2.31 bits per heavy atom. The van der Waals surface area contributed by atoms with Crippen molar-refractivity contribution in [3.63, 3.8) is 0 Å². The van der Waals surface area contributed by atoms with Crippen LogP contribution < -0.4 is 5.32 Å². The maximum Gasteiger partial charge on any atom is 0.232 e. The maximum absolute atomic E-state index is 6.11. The van der Waals surface area contributed by atoms with Gasteiger partial charge in [0.2, 0.25) is 16.5 Å².